The second kappa shape index (κ2) is 5.78. The van der Waals surface area contributed by atoms with E-state index in [2.05, 4.69) is 0 Å². The molecule has 0 atom stereocenters. The summed E-state index contributed by atoms with van der Waals surface area (Å²) in [5.74, 6) is -1.09. The summed E-state index contributed by atoms with van der Waals surface area (Å²) in [6, 6.07) is 8.29. The van der Waals surface area contributed by atoms with Crippen LogP contribution in [0.4, 0.5) is 0 Å². The monoisotopic (exact) mass is 292 g/mol. The van der Waals surface area contributed by atoms with E-state index in [-0.39, 0.29) is 61.8 Å². The molecule has 0 fully saturated rings. The molecule has 0 amide bonds. The van der Waals surface area contributed by atoms with Crippen LogP contribution in [-0.2, 0) is 10.1 Å². The Morgan fingerprint density at radius 1 is 1.11 bits per heavy atom. The van der Waals surface area contributed by atoms with Crippen LogP contribution in [0, 0.1) is 0 Å². The minimum absolute atomic E-state index is 0. The molecule has 7 heteroatoms. The van der Waals surface area contributed by atoms with Gasteiger partial charge in [0.05, 0.1) is 10.5 Å². The maximum atomic E-state index is 10.9. The average molecular weight is 292 g/mol. The Labute approximate surface area is 146 Å². The summed E-state index contributed by atoms with van der Waals surface area (Å²) >= 11 is 0. The molecule has 2 aromatic rings. The van der Waals surface area contributed by atoms with Gasteiger partial charge in [-0.25, -0.2) is 4.79 Å². The van der Waals surface area contributed by atoms with Gasteiger partial charge in [-0.2, -0.15) is 8.42 Å². The molecule has 90 valence electrons. The number of hydrogen-bond acceptors (Lipinski definition) is 3. The van der Waals surface area contributed by atoms with Crippen molar-refractivity contribution in [1.82, 2.24) is 0 Å². The van der Waals surface area contributed by atoms with Gasteiger partial charge in [0.2, 0.25) is 0 Å². The number of fused-ring (bicyclic) bond motifs is 1. The zero-order chi connectivity index (χ0) is 12.6. The number of carboxylic acid groups (broad SMARTS) is 1. The van der Waals surface area contributed by atoms with Crippen LogP contribution in [0.1, 0.15) is 10.4 Å². The van der Waals surface area contributed by atoms with Crippen molar-refractivity contribution < 1.29 is 22.9 Å². The third-order valence-electron chi connectivity index (χ3n) is 2.38. The Balaban J connectivity index is 0.00000162. The number of carboxylic acids is 1. The predicted molar refractivity (Wildman–Crippen MR) is 67.9 cm³/mol. The van der Waals surface area contributed by atoms with E-state index in [1.165, 1.54) is 30.3 Å². The molecule has 0 spiro atoms. The van der Waals surface area contributed by atoms with Crippen molar-refractivity contribution in [3.05, 3.63) is 42.0 Å². The molecule has 2 aromatic carbocycles. The molecule has 0 aliphatic rings. The molecule has 2 N–H and O–H groups in total. The Morgan fingerprint density at radius 3 is 2.33 bits per heavy atom. The molecule has 0 unspecified atom stereocenters. The second-order valence-electron chi connectivity index (χ2n) is 3.47. The third kappa shape index (κ3) is 3.18. The van der Waals surface area contributed by atoms with Crippen LogP contribution in [0.25, 0.3) is 10.8 Å². The Morgan fingerprint density at radius 2 is 1.78 bits per heavy atom. The standard InChI is InChI=1S/C11H8O5S.K.H/c12-11(13)10-3-1-2-7-6-8(17(14,15)16)4-5-9(7)10;;/h1-6H,(H,12,13)(H,14,15,16);;. The normalized spacial score (nSPS) is 10.9. The van der Waals surface area contributed by atoms with E-state index in [0.29, 0.717) is 10.8 Å². The van der Waals surface area contributed by atoms with Crippen molar-refractivity contribution in [1.29, 1.82) is 0 Å². The van der Waals surface area contributed by atoms with Crippen LogP contribution in [0.5, 0.6) is 0 Å². The van der Waals surface area contributed by atoms with Gasteiger partial charge in [-0.15, -0.1) is 0 Å². The van der Waals surface area contributed by atoms with E-state index in [4.69, 9.17) is 9.66 Å². The fraction of sp³-hybridized carbons (Fsp3) is 0. The Kier molecular flexibility index (Phi) is 5.07. The third-order valence-corrected chi connectivity index (χ3v) is 3.23. The van der Waals surface area contributed by atoms with Gasteiger partial charge in [0, 0.05) is 0 Å². The first-order valence-electron chi connectivity index (χ1n) is 4.63. The summed E-state index contributed by atoms with van der Waals surface area (Å²) in [7, 11) is -4.27. The molecular formula is C11H9KO5S. The van der Waals surface area contributed by atoms with Crippen molar-refractivity contribution in [2.75, 3.05) is 0 Å². The summed E-state index contributed by atoms with van der Waals surface area (Å²) < 4.78 is 30.8. The van der Waals surface area contributed by atoms with Gasteiger partial charge in [-0.05, 0) is 29.0 Å². The Hall–Kier alpha value is -0.284. The van der Waals surface area contributed by atoms with Gasteiger partial charge < -0.3 is 5.11 Å². The van der Waals surface area contributed by atoms with Crippen molar-refractivity contribution >= 4 is 78.2 Å². The molecule has 5 nitrogen and oxygen atoms in total. The van der Waals surface area contributed by atoms with Crippen LogP contribution in [0.2, 0.25) is 0 Å². The number of aromatic carboxylic acids is 1. The number of rotatable bonds is 2. The van der Waals surface area contributed by atoms with E-state index in [1.54, 1.807) is 6.07 Å². The fourth-order valence-corrected chi connectivity index (χ4v) is 2.12. The molecule has 2 rings (SSSR count). The Bertz CT molecular complexity index is 708. The van der Waals surface area contributed by atoms with Crippen LogP contribution < -0.4 is 0 Å². The minimum atomic E-state index is -4.27. The fourth-order valence-electron chi connectivity index (χ4n) is 1.61. The summed E-state index contributed by atoms with van der Waals surface area (Å²) in [6.07, 6.45) is 0. The first-order chi connectivity index (χ1) is 7.89. The first-order valence-corrected chi connectivity index (χ1v) is 6.07. The number of benzene rings is 2. The molecule has 0 aliphatic carbocycles. The molecule has 0 heterocycles. The molecule has 0 saturated heterocycles. The first kappa shape index (κ1) is 15.8. The van der Waals surface area contributed by atoms with Gasteiger partial charge in [-0.1, -0.05) is 18.2 Å². The predicted octanol–water partition coefficient (Wildman–Crippen LogP) is 1.14. The van der Waals surface area contributed by atoms with E-state index in [9.17, 15) is 13.2 Å². The molecule has 0 radical (unpaired) electrons. The zero-order valence-corrected chi connectivity index (χ0v) is 9.31. The van der Waals surface area contributed by atoms with E-state index in [0.717, 1.165) is 0 Å². The van der Waals surface area contributed by atoms with E-state index >= 15 is 0 Å². The SMILES string of the molecule is O=C(O)c1cccc2cc(S(=O)(=O)O)ccc12.[KH]. The van der Waals surface area contributed by atoms with Gasteiger partial charge in [0.15, 0.2) is 0 Å². The van der Waals surface area contributed by atoms with Gasteiger partial charge in [0.25, 0.3) is 10.1 Å². The van der Waals surface area contributed by atoms with Crippen molar-refractivity contribution in [3.8, 4) is 0 Å². The van der Waals surface area contributed by atoms with Crippen LogP contribution in [-0.4, -0.2) is 75.4 Å². The summed E-state index contributed by atoms with van der Waals surface area (Å²) in [4.78, 5) is 10.7. The van der Waals surface area contributed by atoms with Crippen LogP contribution in [0.3, 0.4) is 0 Å². The molecule has 0 aromatic heterocycles. The average Bonchev–Trinajstić information content (AvgIpc) is 2.26. The summed E-state index contributed by atoms with van der Waals surface area (Å²) in [6.45, 7) is 0. The number of carbonyl (C=O) groups is 1. The molecule has 0 bridgehead atoms. The molecule has 0 aliphatic heterocycles. The summed E-state index contributed by atoms with van der Waals surface area (Å²) in [5, 5.41) is 9.81. The number of hydrogen-bond donors (Lipinski definition) is 2. The van der Waals surface area contributed by atoms with Crippen LogP contribution in [0.15, 0.2) is 41.3 Å². The van der Waals surface area contributed by atoms with E-state index < -0.39 is 16.1 Å². The van der Waals surface area contributed by atoms with Crippen LogP contribution >= 0.6 is 0 Å². The summed E-state index contributed by atoms with van der Waals surface area (Å²) in [5.41, 5.74) is 0.0874. The van der Waals surface area contributed by atoms with E-state index in [1.807, 2.05) is 0 Å². The van der Waals surface area contributed by atoms with Gasteiger partial charge in [-0.3, -0.25) is 4.55 Å². The van der Waals surface area contributed by atoms with Crippen molar-refractivity contribution in [2.45, 2.75) is 4.90 Å². The molecule has 18 heavy (non-hydrogen) atoms. The quantitative estimate of drug-likeness (QED) is 0.639. The molecule has 0 saturated carbocycles. The van der Waals surface area contributed by atoms with Crippen molar-refractivity contribution in [2.24, 2.45) is 0 Å². The maximum absolute atomic E-state index is 10.9. The van der Waals surface area contributed by atoms with Gasteiger partial charge in [0.1, 0.15) is 0 Å². The molecular weight excluding hydrogens is 283 g/mol. The van der Waals surface area contributed by atoms with Gasteiger partial charge >= 0.3 is 57.4 Å². The van der Waals surface area contributed by atoms with Crippen molar-refractivity contribution in [3.63, 3.8) is 0 Å². The topological polar surface area (TPSA) is 91.7 Å². The second-order valence-corrected chi connectivity index (χ2v) is 4.89. The zero-order valence-electron chi connectivity index (χ0n) is 8.49.